The van der Waals surface area contributed by atoms with Gasteiger partial charge in [0.15, 0.2) is 0 Å². The largest absolute Gasteiger partial charge is 0.434 e. The molecule has 0 radical (unpaired) electrons. The van der Waals surface area contributed by atoms with Gasteiger partial charge in [0.2, 0.25) is 0 Å². The second-order valence-electron chi connectivity index (χ2n) is 3.13. The summed E-state index contributed by atoms with van der Waals surface area (Å²) >= 11 is 0. The Morgan fingerprint density at radius 3 is 2.81 bits per heavy atom. The number of hydrogen-bond acceptors (Lipinski definition) is 2. The van der Waals surface area contributed by atoms with Crippen molar-refractivity contribution in [2.45, 2.75) is 13.5 Å². The van der Waals surface area contributed by atoms with Crippen LogP contribution < -0.4 is 10.1 Å². The van der Waals surface area contributed by atoms with Gasteiger partial charge in [0, 0.05) is 12.1 Å². The Labute approximate surface area is 93.9 Å². The van der Waals surface area contributed by atoms with Gasteiger partial charge < -0.3 is 10.1 Å². The molecule has 1 N–H and O–H groups in total. The van der Waals surface area contributed by atoms with E-state index in [1.54, 1.807) is 24.3 Å². The van der Waals surface area contributed by atoms with E-state index in [9.17, 15) is 8.78 Å². The molecule has 88 valence electrons. The van der Waals surface area contributed by atoms with Crippen molar-refractivity contribution in [3.05, 3.63) is 35.9 Å². The van der Waals surface area contributed by atoms with Crippen molar-refractivity contribution in [3.8, 4) is 5.75 Å². The predicted octanol–water partition coefficient (Wildman–Crippen LogP) is 2.91. The molecule has 2 nitrogen and oxygen atoms in total. The molecule has 0 aromatic heterocycles. The van der Waals surface area contributed by atoms with Crippen LogP contribution in [0.3, 0.4) is 0 Å². The van der Waals surface area contributed by atoms with Crippen molar-refractivity contribution in [2.24, 2.45) is 0 Å². The molecule has 0 aliphatic heterocycles. The summed E-state index contributed by atoms with van der Waals surface area (Å²) in [7, 11) is 0. The number of rotatable bonds is 6. The zero-order chi connectivity index (χ0) is 11.8. The Balaban J connectivity index is 2.66. The number of hydrogen-bond donors (Lipinski definition) is 1. The van der Waals surface area contributed by atoms with Crippen LogP contribution in [-0.2, 0) is 0 Å². The first-order valence-electron chi connectivity index (χ1n) is 5.15. The number of para-hydroxylation sites is 1. The highest BCUT2D eigenvalue weighted by Gasteiger charge is 2.06. The van der Waals surface area contributed by atoms with Crippen molar-refractivity contribution in [1.29, 1.82) is 0 Å². The average Bonchev–Trinajstić information content (AvgIpc) is 2.26. The zero-order valence-electron chi connectivity index (χ0n) is 9.12. The predicted molar refractivity (Wildman–Crippen MR) is 60.7 cm³/mol. The third-order valence-electron chi connectivity index (χ3n) is 1.94. The molecule has 1 rings (SSSR count). The Hall–Kier alpha value is -1.42. The summed E-state index contributed by atoms with van der Waals surface area (Å²) in [6.07, 6.45) is 3.64. The number of nitrogens with one attached hydrogen (secondary N) is 1. The van der Waals surface area contributed by atoms with E-state index in [1.807, 2.05) is 13.0 Å². The minimum Gasteiger partial charge on any atom is -0.434 e. The topological polar surface area (TPSA) is 21.3 Å². The van der Waals surface area contributed by atoms with Crippen molar-refractivity contribution in [2.75, 3.05) is 13.1 Å². The third kappa shape index (κ3) is 4.40. The fourth-order valence-corrected chi connectivity index (χ4v) is 1.24. The highest BCUT2D eigenvalue weighted by Crippen LogP contribution is 2.21. The molecule has 0 spiro atoms. The van der Waals surface area contributed by atoms with Crippen molar-refractivity contribution < 1.29 is 13.5 Å². The molecule has 0 unspecified atom stereocenters. The lowest BCUT2D eigenvalue weighted by Crippen LogP contribution is -2.11. The van der Waals surface area contributed by atoms with Gasteiger partial charge in [0.05, 0.1) is 0 Å². The number of alkyl halides is 2. The van der Waals surface area contributed by atoms with Crippen molar-refractivity contribution >= 4 is 6.08 Å². The fraction of sp³-hybridized carbons (Fsp3) is 0.333. The molecule has 0 bridgehead atoms. The Morgan fingerprint density at radius 2 is 2.12 bits per heavy atom. The average molecular weight is 227 g/mol. The second kappa shape index (κ2) is 6.95. The molecular formula is C12H15F2NO. The van der Waals surface area contributed by atoms with Crippen LogP contribution in [0.4, 0.5) is 8.78 Å². The first-order valence-corrected chi connectivity index (χ1v) is 5.15. The van der Waals surface area contributed by atoms with Gasteiger partial charge in [-0.3, -0.25) is 0 Å². The Morgan fingerprint density at radius 1 is 1.38 bits per heavy atom. The first-order chi connectivity index (χ1) is 7.74. The number of halogens is 2. The summed E-state index contributed by atoms with van der Waals surface area (Å²) in [5.41, 5.74) is 0.653. The van der Waals surface area contributed by atoms with E-state index >= 15 is 0 Å². The molecule has 0 aliphatic carbocycles. The SMILES string of the molecule is CCNCC=Cc1ccccc1OC(F)F. The molecule has 1 aromatic rings. The molecule has 16 heavy (non-hydrogen) atoms. The zero-order valence-corrected chi connectivity index (χ0v) is 9.12. The van der Waals surface area contributed by atoms with Crippen LogP contribution in [0.15, 0.2) is 30.3 Å². The van der Waals surface area contributed by atoms with E-state index in [4.69, 9.17) is 0 Å². The van der Waals surface area contributed by atoms with Crippen LogP contribution >= 0.6 is 0 Å². The minimum absolute atomic E-state index is 0.199. The van der Waals surface area contributed by atoms with Crippen LogP contribution in [0.25, 0.3) is 6.08 Å². The third-order valence-corrected chi connectivity index (χ3v) is 1.94. The minimum atomic E-state index is -2.79. The molecule has 0 saturated heterocycles. The van der Waals surface area contributed by atoms with Crippen LogP contribution in [-0.4, -0.2) is 19.7 Å². The number of benzene rings is 1. The van der Waals surface area contributed by atoms with Gasteiger partial charge in [0.1, 0.15) is 5.75 Å². The van der Waals surface area contributed by atoms with E-state index in [1.165, 1.54) is 6.07 Å². The highest BCUT2D eigenvalue weighted by atomic mass is 19.3. The summed E-state index contributed by atoms with van der Waals surface area (Å²) in [4.78, 5) is 0. The maximum Gasteiger partial charge on any atom is 0.387 e. The molecule has 0 atom stereocenters. The van der Waals surface area contributed by atoms with E-state index in [-0.39, 0.29) is 5.75 Å². The van der Waals surface area contributed by atoms with Gasteiger partial charge in [-0.05, 0) is 12.6 Å². The maximum atomic E-state index is 12.1. The van der Waals surface area contributed by atoms with Crippen molar-refractivity contribution in [1.82, 2.24) is 5.32 Å². The quantitative estimate of drug-likeness (QED) is 0.754. The summed E-state index contributed by atoms with van der Waals surface area (Å²) in [5, 5.41) is 3.10. The first kappa shape index (κ1) is 12.6. The Bertz CT molecular complexity index is 340. The van der Waals surface area contributed by atoms with E-state index in [0.29, 0.717) is 12.1 Å². The van der Waals surface area contributed by atoms with Crippen LogP contribution in [0.2, 0.25) is 0 Å². The van der Waals surface area contributed by atoms with E-state index in [0.717, 1.165) is 6.54 Å². The van der Waals surface area contributed by atoms with E-state index in [2.05, 4.69) is 10.1 Å². The molecule has 0 heterocycles. The molecule has 0 saturated carbocycles. The lowest BCUT2D eigenvalue weighted by Gasteiger charge is -2.07. The molecule has 4 heteroatoms. The highest BCUT2D eigenvalue weighted by molar-refractivity contribution is 5.57. The summed E-state index contributed by atoms with van der Waals surface area (Å²) < 4.78 is 28.6. The molecule has 0 aliphatic rings. The number of ether oxygens (including phenoxy) is 1. The molecule has 1 aromatic carbocycles. The standard InChI is InChI=1S/C12H15F2NO/c1-2-15-9-5-7-10-6-3-4-8-11(10)16-12(13)14/h3-8,12,15H,2,9H2,1H3. The molecule has 0 amide bonds. The Kier molecular flexibility index (Phi) is 5.50. The normalized spacial score (nSPS) is 11.2. The second-order valence-corrected chi connectivity index (χ2v) is 3.13. The summed E-state index contributed by atoms with van der Waals surface area (Å²) in [6, 6.07) is 6.71. The van der Waals surface area contributed by atoms with Gasteiger partial charge in [-0.2, -0.15) is 8.78 Å². The van der Waals surface area contributed by atoms with Gasteiger partial charge >= 0.3 is 6.61 Å². The van der Waals surface area contributed by atoms with Gasteiger partial charge in [0.25, 0.3) is 0 Å². The van der Waals surface area contributed by atoms with Crippen LogP contribution in [0.5, 0.6) is 5.75 Å². The fourth-order valence-electron chi connectivity index (χ4n) is 1.24. The lowest BCUT2D eigenvalue weighted by atomic mass is 10.2. The van der Waals surface area contributed by atoms with Gasteiger partial charge in [-0.15, -0.1) is 0 Å². The van der Waals surface area contributed by atoms with Gasteiger partial charge in [-0.1, -0.05) is 37.3 Å². The smallest absolute Gasteiger partial charge is 0.387 e. The van der Waals surface area contributed by atoms with Crippen LogP contribution in [0, 0.1) is 0 Å². The van der Waals surface area contributed by atoms with Crippen LogP contribution in [0.1, 0.15) is 12.5 Å². The monoisotopic (exact) mass is 227 g/mol. The number of likely N-dealkylation sites (N-methyl/N-ethyl adjacent to an activating group) is 1. The van der Waals surface area contributed by atoms with E-state index < -0.39 is 6.61 Å². The van der Waals surface area contributed by atoms with Gasteiger partial charge in [-0.25, -0.2) is 0 Å². The lowest BCUT2D eigenvalue weighted by molar-refractivity contribution is -0.0499. The molecular weight excluding hydrogens is 212 g/mol. The van der Waals surface area contributed by atoms with Crippen molar-refractivity contribution in [3.63, 3.8) is 0 Å². The summed E-state index contributed by atoms with van der Waals surface area (Å²) in [5.74, 6) is 0.199. The summed E-state index contributed by atoms with van der Waals surface area (Å²) in [6.45, 7) is 0.795. The molecule has 0 fully saturated rings. The maximum absolute atomic E-state index is 12.1.